The number of Topliss-reactive ketones (excluding diaryl/α,β-unsaturated/α-hetero) is 2. The molecule has 0 radical (unpaired) electrons. The van der Waals surface area contributed by atoms with Crippen LogP contribution in [0.4, 0.5) is 0 Å². The Morgan fingerprint density at radius 1 is 1.04 bits per heavy atom. The number of hydrogen-bond acceptors (Lipinski definition) is 4. The molecule has 0 spiro atoms. The zero-order valence-corrected chi connectivity index (χ0v) is 13.2. The van der Waals surface area contributed by atoms with E-state index in [1.807, 2.05) is 32.0 Å². The summed E-state index contributed by atoms with van der Waals surface area (Å²) in [5.74, 6) is -0.952. The SMILES string of the molecule is Cc1ccc(C)c(C(=O)CCC(=O)OCC(=O)c2ccc[nH]2)c1. The second-order valence-electron chi connectivity index (χ2n) is 5.41. The highest BCUT2D eigenvalue weighted by atomic mass is 16.5. The van der Waals surface area contributed by atoms with E-state index in [4.69, 9.17) is 4.74 Å². The minimum atomic E-state index is -0.552. The number of rotatable bonds is 7. The van der Waals surface area contributed by atoms with Crippen LogP contribution in [-0.4, -0.2) is 29.1 Å². The molecule has 0 atom stereocenters. The summed E-state index contributed by atoms with van der Waals surface area (Å²) in [5.41, 5.74) is 2.90. The first-order chi connectivity index (χ1) is 11.0. The van der Waals surface area contributed by atoms with Crippen LogP contribution in [0.3, 0.4) is 0 Å². The molecule has 5 heteroatoms. The van der Waals surface area contributed by atoms with Crippen LogP contribution in [0.2, 0.25) is 0 Å². The number of aromatic amines is 1. The van der Waals surface area contributed by atoms with Gasteiger partial charge in [-0.05, 0) is 37.6 Å². The fourth-order valence-corrected chi connectivity index (χ4v) is 2.19. The smallest absolute Gasteiger partial charge is 0.306 e. The standard InChI is InChI=1S/C18H19NO4/c1-12-5-6-13(2)14(10-12)16(20)7-8-18(22)23-11-17(21)15-4-3-9-19-15/h3-6,9-10,19H,7-8,11H2,1-2H3. The number of benzene rings is 1. The Kier molecular flexibility index (Phi) is 5.46. The summed E-state index contributed by atoms with van der Waals surface area (Å²) in [6, 6.07) is 8.94. The molecule has 0 aliphatic carbocycles. The van der Waals surface area contributed by atoms with E-state index in [-0.39, 0.29) is 31.0 Å². The van der Waals surface area contributed by atoms with Gasteiger partial charge in [-0.15, -0.1) is 0 Å². The number of H-pyrrole nitrogens is 1. The first kappa shape index (κ1) is 16.7. The van der Waals surface area contributed by atoms with Crippen LogP contribution in [-0.2, 0) is 9.53 Å². The molecule has 2 aromatic rings. The van der Waals surface area contributed by atoms with Gasteiger partial charge in [-0.1, -0.05) is 17.7 Å². The quantitative estimate of drug-likeness (QED) is 0.629. The van der Waals surface area contributed by atoms with Crippen molar-refractivity contribution in [3.8, 4) is 0 Å². The highest BCUT2D eigenvalue weighted by Crippen LogP contribution is 2.14. The summed E-state index contributed by atoms with van der Waals surface area (Å²) < 4.78 is 4.91. The zero-order chi connectivity index (χ0) is 16.8. The lowest BCUT2D eigenvalue weighted by Crippen LogP contribution is -2.15. The van der Waals surface area contributed by atoms with Gasteiger partial charge >= 0.3 is 5.97 Å². The van der Waals surface area contributed by atoms with Crippen molar-refractivity contribution in [3.05, 3.63) is 58.9 Å². The molecule has 1 N–H and O–H groups in total. The fourth-order valence-electron chi connectivity index (χ4n) is 2.19. The molecule has 0 amide bonds. The lowest BCUT2D eigenvalue weighted by atomic mass is 9.99. The van der Waals surface area contributed by atoms with E-state index in [1.54, 1.807) is 18.3 Å². The summed E-state index contributed by atoms with van der Waals surface area (Å²) in [6.07, 6.45) is 1.65. The molecule has 0 aliphatic heterocycles. The van der Waals surface area contributed by atoms with E-state index >= 15 is 0 Å². The Morgan fingerprint density at radius 2 is 1.83 bits per heavy atom. The molecule has 0 saturated carbocycles. The lowest BCUT2D eigenvalue weighted by Gasteiger charge is -2.06. The summed E-state index contributed by atoms with van der Waals surface area (Å²) in [6.45, 7) is 3.45. The van der Waals surface area contributed by atoms with Crippen LogP contribution < -0.4 is 0 Å². The van der Waals surface area contributed by atoms with Gasteiger partial charge in [0.05, 0.1) is 12.1 Å². The highest BCUT2D eigenvalue weighted by Gasteiger charge is 2.14. The molecule has 1 aromatic heterocycles. The van der Waals surface area contributed by atoms with Crippen molar-refractivity contribution in [2.24, 2.45) is 0 Å². The first-order valence-corrected chi connectivity index (χ1v) is 7.40. The average Bonchev–Trinajstić information content (AvgIpc) is 3.07. The Balaban J connectivity index is 1.81. The van der Waals surface area contributed by atoms with E-state index in [9.17, 15) is 14.4 Å². The van der Waals surface area contributed by atoms with E-state index < -0.39 is 5.97 Å². The molecule has 0 aliphatic rings. The van der Waals surface area contributed by atoms with Gasteiger partial charge in [-0.25, -0.2) is 0 Å². The average molecular weight is 313 g/mol. The molecule has 0 bridgehead atoms. The normalized spacial score (nSPS) is 10.3. The zero-order valence-electron chi connectivity index (χ0n) is 13.2. The van der Waals surface area contributed by atoms with Crippen molar-refractivity contribution >= 4 is 17.5 Å². The van der Waals surface area contributed by atoms with Crippen molar-refractivity contribution in [3.63, 3.8) is 0 Å². The first-order valence-electron chi connectivity index (χ1n) is 7.40. The van der Waals surface area contributed by atoms with Gasteiger partial charge in [-0.3, -0.25) is 14.4 Å². The van der Waals surface area contributed by atoms with Crippen LogP contribution in [0.25, 0.3) is 0 Å². The Bertz CT molecular complexity index is 717. The minimum Gasteiger partial charge on any atom is -0.457 e. The second kappa shape index (κ2) is 7.54. The number of carbonyl (C=O) groups is 3. The molecule has 120 valence electrons. The number of hydrogen-bond donors (Lipinski definition) is 1. The molecular weight excluding hydrogens is 294 g/mol. The van der Waals surface area contributed by atoms with Gasteiger partial charge in [0.2, 0.25) is 5.78 Å². The fraction of sp³-hybridized carbons (Fsp3) is 0.278. The number of esters is 1. The number of aromatic nitrogens is 1. The van der Waals surface area contributed by atoms with Crippen molar-refractivity contribution in [2.45, 2.75) is 26.7 Å². The molecule has 0 fully saturated rings. The van der Waals surface area contributed by atoms with E-state index in [0.717, 1.165) is 11.1 Å². The van der Waals surface area contributed by atoms with E-state index in [1.165, 1.54) is 0 Å². The van der Waals surface area contributed by atoms with Gasteiger partial charge in [0.1, 0.15) is 0 Å². The molecule has 2 rings (SSSR count). The summed E-state index contributed by atoms with van der Waals surface area (Å²) in [7, 11) is 0. The topological polar surface area (TPSA) is 76.2 Å². The number of ether oxygens (including phenoxy) is 1. The number of ketones is 2. The number of carbonyl (C=O) groups excluding carboxylic acids is 3. The Labute approximate surface area is 134 Å². The van der Waals surface area contributed by atoms with Crippen molar-refractivity contribution < 1.29 is 19.1 Å². The van der Waals surface area contributed by atoms with Crippen molar-refractivity contribution in [2.75, 3.05) is 6.61 Å². The van der Waals surface area contributed by atoms with E-state index in [2.05, 4.69) is 4.98 Å². The third kappa shape index (κ3) is 4.64. The lowest BCUT2D eigenvalue weighted by molar-refractivity contribution is -0.142. The summed E-state index contributed by atoms with van der Waals surface area (Å²) >= 11 is 0. The van der Waals surface area contributed by atoms with Crippen molar-refractivity contribution in [1.82, 2.24) is 4.98 Å². The third-order valence-corrected chi connectivity index (χ3v) is 3.51. The summed E-state index contributed by atoms with van der Waals surface area (Å²) in [4.78, 5) is 38.3. The molecule has 1 aromatic carbocycles. The molecule has 23 heavy (non-hydrogen) atoms. The Morgan fingerprint density at radius 3 is 2.52 bits per heavy atom. The maximum Gasteiger partial charge on any atom is 0.306 e. The Hall–Kier alpha value is -2.69. The third-order valence-electron chi connectivity index (χ3n) is 3.51. The highest BCUT2D eigenvalue weighted by molar-refractivity contribution is 5.99. The van der Waals surface area contributed by atoms with Crippen LogP contribution in [0, 0.1) is 13.8 Å². The van der Waals surface area contributed by atoms with Crippen LogP contribution in [0.15, 0.2) is 36.5 Å². The van der Waals surface area contributed by atoms with E-state index in [0.29, 0.717) is 11.3 Å². The van der Waals surface area contributed by atoms with Crippen molar-refractivity contribution in [1.29, 1.82) is 0 Å². The molecule has 5 nitrogen and oxygen atoms in total. The largest absolute Gasteiger partial charge is 0.457 e. The number of nitrogens with one attached hydrogen (secondary N) is 1. The predicted molar refractivity (Wildman–Crippen MR) is 85.6 cm³/mol. The van der Waals surface area contributed by atoms with Crippen LogP contribution >= 0.6 is 0 Å². The van der Waals surface area contributed by atoms with Gasteiger partial charge in [0.25, 0.3) is 0 Å². The molecule has 1 heterocycles. The van der Waals surface area contributed by atoms with Crippen LogP contribution in [0.1, 0.15) is 44.8 Å². The van der Waals surface area contributed by atoms with Crippen LogP contribution in [0.5, 0.6) is 0 Å². The van der Waals surface area contributed by atoms with Gasteiger partial charge in [0, 0.05) is 18.2 Å². The minimum absolute atomic E-state index is 0.0375. The second-order valence-corrected chi connectivity index (χ2v) is 5.41. The maximum atomic E-state index is 12.2. The number of aryl methyl sites for hydroxylation is 2. The predicted octanol–water partition coefficient (Wildman–Crippen LogP) is 3.02. The maximum absolute atomic E-state index is 12.2. The van der Waals surface area contributed by atoms with Gasteiger partial charge in [0.15, 0.2) is 12.4 Å². The van der Waals surface area contributed by atoms with Gasteiger partial charge < -0.3 is 9.72 Å². The molecular formula is C18H19NO4. The molecule has 0 saturated heterocycles. The molecule has 0 unspecified atom stereocenters. The monoisotopic (exact) mass is 313 g/mol. The van der Waals surface area contributed by atoms with Gasteiger partial charge in [-0.2, -0.15) is 0 Å². The summed E-state index contributed by atoms with van der Waals surface area (Å²) in [5, 5.41) is 0.